The number of hydrogen-bond donors (Lipinski definition) is 0. The highest BCUT2D eigenvalue weighted by molar-refractivity contribution is 6.76. The second kappa shape index (κ2) is 22.8. The van der Waals surface area contributed by atoms with E-state index in [1.54, 1.807) is 49.8 Å². The topological polar surface area (TPSA) is 77.6 Å². The third-order valence-corrected chi connectivity index (χ3v) is 13.9. The molecule has 0 fully saturated rings. The Labute approximate surface area is 244 Å². The van der Waals surface area contributed by atoms with Gasteiger partial charge in [-0.25, -0.2) is 0 Å². The van der Waals surface area contributed by atoms with Gasteiger partial charge in [0.15, 0.2) is 0 Å². The molecule has 0 radical (unpaired) electrons. The van der Waals surface area contributed by atoms with E-state index in [-0.39, 0.29) is 0 Å². The Hall–Kier alpha value is 0.211. The van der Waals surface area contributed by atoms with E-state index < -0.39 is 25.7 Å². The van der Waals surface area contributed by atoms with Crippen molar-refractivity contribution in [2.75, 3.05) is 131 Å². The summed E-state index contributed by atoms with van der Waals surface area (Å²) in [5.74, 6) is 0. The van der Waals surface area contributed by atoms with Gasteiger partial charge in [-0.15, -0.1) is 0 Å². The maximum atomic E-state index is 5.45. The Morgan fingerprint density at radius 3 is 0.949 bits per heavy atom. The van der Waals surface area contributed by atoms with Gasteiger partial charge in [0.05, 0.1) is 6.73 Å². The molecule has 0 spiro atoms. The fraction of sp³-hybridized carbons (Fsp3) is 1.00. The van der Waals surface area contributed by atoms with E-state index in [0.29, 0.717) is 6.73 Å². The zero-order valence-corrected chi connectivity index (χ0v) is 30.9. The summed E-state index contributed by atoms with van der Waals surface area (Å²) in [5.41, 5.74) is 0. The summed E-state index contributed by atoms with van der Waals surface area (Å²) in [5, 5.41) is 0. The SMILES string of the molecule is COCN(C)CCN(C)CC[Si](OC)(OC)OC.CO[Si](CCN(C)CCN(C)CC[Si](C)(C)C)(OC)OC. The monoisotopic (exact) mass is 616 g/mol. The molecule has 0 aromatic carbocycles. The van der Waals surface area contributed by atoms with Crippen LogP contribution in [-0.4, -0.2) is 176 Å². The highest BCUT2D eigenvalue weighted by Gasteiger charge is 2.38. The molecule has 238 valence electrons. The van der Waals surface area contributed by atoms with Gasteiger partial charge in [-0.1, -0.05) is 19.6 Å². The number of likely N-dealkylation sites (N-methyl/N-ethyl adjacent to an activating group) is 4. The first kappa shape index (κ1) is 41.3. The molecular formula is C25H64N4O7Si3. The molecule has 14 heteroatoms. The Kier molecular flexibility index (Phi) is 24.1. The van der Waals surface area contributed by atoms with Crippen LogP contribution in [0.4, 0.5) is 0 Å². The van der Waals surface area contributed by atoms with Crippen molar-refractivity contribution in [3.63, 3.8) is 0 Å². The minimum Gasteiger partial charge on any atom is -0.377 e. The van der Waals surface area contributed by atoms with Crippen LogP contribution in [0.15, 0.2) is 0 Å². The molecule has 0 unspecified atom stereocenters. The Bertz CT molecular complexity index is 556. The Morgan fingerprint density at radius 2 is 0.692 bits per heavy atom. The molecule has 0 bridgehead atoms. The summed E-state index contributed by atoms with van der Waals surface area (Å²) in [4.78, 5) is 9.13. The molecule has 0 aliphatic carbocycles. The molecule has 0 N–H and O–H groups in total. The number of hydrogen-bond acceptors (Lipinski definition) is 11. The average molecular weight is 617 g/mol. The van der Waals surface area contributed by atoms with Gasteiger partial charge >= 0.3 is 17.6 Å². The van der Waals surface area contributed by atoms with Crippen molar-refractivity contribution in [2.45, 2.75) is 37.8 Å². The summed E-state index contributed by atoms with van der Waals surface area (Å²) in [6.07, 6.45) is 0. The van der Waals surface area contributed by atoms with Crippen LogP contribution in [0.3, 0.4) is 0 Å². The maximum absolute atomic E-state index is 5.45. The molecule has 0 heterocycles. The molecule has 0 aliphatic rings. The lowest BCUT2D eigenvalue weighted by molar-refractivity contribution is 0.0752. The van der Waals surface area contributed by atoms with Crippen molar-refractivity contribution in [3.05, 3.63) is 0 Å². The largest absolute Gasteiger partial charge is 0.501 e. The Balaban J connectivity index is 0. The van der Waals surface area contributed by atoms with Crippen LogP contribution < -0.4 is 0 Å². The third-order valence-electron chi connectivity index (χ3n) is 6.79. The van der Waals surface area contributed by atoms with Crippen LogP contribution >= 0.6 is 0 Å². The average Bonchev–Trinajstić information content (AvgIpc) is 2.92. The molecule has 0 atom stereocenters. The van der Waals surface area contributed by atoms with E-state index >= 15 is 0 Å². The number of rotatable bonds is 23. The summed E-state index contributed by atoms with van der Waals surface area (Å²) >= 11 is 0. The normalized spacial score (nSPS) is 13.1. The van der Waals surface area contributed by atoms with Crippen LogP contribution in [0.1, 0.15) is 0 Å². The molecule has 0 saturated carbocycles. The zero-order chi connectivity index (χ0) is 30.5. The summed E-state index contributed by atoms with van der Waals surface area (Å²) in [6, 6.07) is 2.98. The molecule has 0 aliphatic heterocycles. The van der Waals surface area contributed by atoms with E-state index in [4.69, 9.17) is 31.3 Å². The van der Waals surface area contributed by atoms with Crippen molar-refractivity contribution in [1.29, 1.82) is 0 Å². The van der Waals surface area contributed by atoms with Gasteiger partial charge in [0.1, 0.15) is 0 Å². The number of ether oxygens (including phenoxy) is 1. The zero-order valence-electron chi connectivity index (χ0n) is 27.9. The maximum Gasteiger partial charge on any atom is 0.501 e. The van der Waals surface area contributed by atoms with Crippen molar-refractivity contribution in [2.24, 2.45) is 0 Å². The molecule has 0 amide bonds. The lowest BCUT2D eigenvalue weighted by Gasteiger charge is -2.28. The molecular weight excluding hydrogens is 553 g/mol. The van der Waals surface area contributed by atoms with Gasteiger partial charge in [0.2, 0.25) is 0 Å². The number of nitrogens with zero attached hydrogens (tertiary/aromatic N) is 4. The lowest BCUT2D eigenvalue weighted by atomic mass is 10.5. The molecule has 0 aromatic heterocycles. The predicted octanol–water partition coefficient (Wildman–Crippen LogP) is 2.40. The second-order valence-electron chi connectivity index (χ2n) is 11.3. The van der Waals surface area contributed by atoms with E-state index in [1.807, 2.05) is 7.05 Å². The summed E-state index contributed by atoms with van der Waals surface area (Å²) in [6.45, 7) is 15.1. The van der Waals surface area contributed by atoms with E-state index in [0.717, 1.165) is 51.4 Å². The Morgan fingerprint density at radius 1 is 0.410 bits per heavy atom. The van der Waals surface area contributed by atoms with Gasteiger partial charge in [0.25, 0.3) is 0 Å². The first-order chi connectivity index (χ1) is 18.2. The third kappa shape index (κ3) is 20.7. The van der Waals surface area contributed by atoms with Gasteiger partial charge in [-0.05, 0) is 40.8 Å². The fourth-order valence-electron chi connectivity index (χ4n) is 3.60. The molecule has 0 rings (SSSR count). The minimum absolute atomic E-state index is 0.654. The van der Waals surface area contributed by atoms with Crippen LogP contribution in [-0.2, 0) is 31.3 Å². The smallest absolute Gasteiger partial charge is 0.377 e. The van der Waals surface area contributed by atoms with Gasteiger partial charge in [-0.3, -0.25) is 4.90 Å². The van der Waals surface area contributed by atoms with E-state index in [1.165, 1.54) is 12.6 Å². The quantitative estimate of drug-likeness (QED) is 0.125. The van der Waals surface area contributed by atoms with Gasteiger partial charge in [0, 0.05) is 109 Å². The van der Waals surface area contributed by atoms with E-state index in [9.17, 15) is 0 Å². The first-order valence-corrected chi connectivity index (χ1v) is 21.3. The van der Waals surface area contributed by atoms with Crippen LogP contribution in [0.25, 0.3) is 0 Å². The lowest BCUT2D eigenvalue weighted by Crippen LogP contribution is -2.45. The van der Waals surface area contributed by atoms with Crippen molar-refractivity contribution in [3.8, 4) is 0 Å². The summed E-state index contributed by atoms with van der Waals surface area (Å²) in [7, 11) is 14.3. The second-order valence-corrected chi connectivity index (χ2v) is 23.1. The molecule has 39 heavy (non-hydrogen) atoms. The van der Waals surface area contributed by atoms with Crippen LogP contribution in [0, 0.1) is 0 Å². The minimum atomic E-state index is -2.43. The van der Waals surface area contributed by atoms with Crippen LogP contribution in [0.5, 0.6) is 0 Å². The van der Waals surface area contributed by atoms with Gasteiger partial charge in [-0.2, -0.15) is 0 Å². The first-order valence-electron chi connectivity index (χ1n) is 13.8. The van der Waals surface area contributed by atoms with Gasteiger partial charge < -0.3 is 46.0 Å². The van der Waals surface area contributed by atoms with Crippen molar-refractivity contribution in [1.82, 2.24) is 19.6 Å². The van der Waals surface area contributed by atoms with Crippen molar-refractivity contribution < 1.29 is 31.3 Å². The van der Waals surface area contributed by atoms with E-state index in [2.05, 4.69) is 60.4 Å². The highest BCUT2D eigenvalue weighted by atomic mass is 28.4. The molecule has 0 saturated heterocycles. The standard InChI is InChI=1S/C14H36N2O3Si2.C11H28N2O4Si/c1-15(11-13-20(6,7)8)9-10-16(2)12-14-21(17-3,18-4)19-5;1-12(7-8-13(2)11-14-3)9-10-18(15-4,16-5)17-6/h9-14H2,1-8H3;7-11H2,1-6H3. The van der Waals surface area contributed by atoms with Crippen LogP contribution in [0.2, 0.25) is 37.8 Å². The highest BCUT2D eigenvalue weighted by Crippen LogP contribution is 2.14. The number of methoxy groups -OCH3 is 1. The molecule has 0 aromatic rings. The predicted molar refractivity (Wildman–Crippen MR) is 168 cm³/mol. The fourth-order valence-corrected chi connectivity index (χ4v) is 8.19. The molecule has 11 nitrogen and oxygen atoms in total. The van der Waals surface area contributed by atoms with Crippen molar-refractivity contribution >= 4 is 25.7 Å². The summed E-state index contributed by atoms with van der Waals surface area (Å²) < 4.78 is 37.6.